The maximum Gasteiger partial charge on any atom is 0.146 e. The van der Waals surface area contributed by atoms with Crippen LogP contribution < -0.4 is 5.32 Å². The van der Waals surface area contributed by atoms with Crippen molar-refractivity contribution in [3.63, 3.8) is 0 Å². The topological polar surface area (TPSA) is 12.0 Å². The van der Waals surface area contributed by atoms with Gasteiger partial charge in [0.25, 0.3) is 0 Å². The van der Waals surface area contributed by atoms with Gasteiger partial charge in [-0.2, -0.15) is 0 Å². The molecule has 0 aliphatic heterocycles. The van der Waals surface area contributed by atoms with Gasteiger partial charge in [-0.3, -0.25) is 0 Å². The number of hydrogen-bond acceptors (Lipinski definition) is 1. The molecule has 60 valence electrons. The lowest BCUT2D eigenvalue weighted by atomic mass is 10.2. The molecule has 0 unspecified atom stereocenters. The van der Waals surface area contributed by atoms with Gasteiger partial charge in [0, 0.05) is 6.54 Å². The van der Waals surface area contributed by atoms with Gasteiger partial charge in [-0.1, -0.05) is 12.1 Å². The quantitative estimate of drug-likeness (QED) is 0.688. The van der Waals surface area contributed by atoms with E-state index in [0.29, 0.717) is 5.69 Å². The van der Waals surface area contributed by atoms with Crippen LogP contribution in [0.2, 0.25) is 0 Å². The first-order chi connectivity index (χ1) is 5.25. The van der Waals surface area contributed by atoms with Gasteiger partial charge in [0.15, 0.2) is 0 Å². The molecule has 0 aliphatic rings. The predicted molar refractivity (Wildman–Crippen MR) is 45.3 cm³/mol. The van der Waals surface area contributed by atoms with E-state index in [4.69, 9.17) is 0 Å². The zero-order chi connectivity index (χ0) is 8.27. The van der Waals surface area contributed by atoms with E-state index in [0.717, 1.165) is 12.1 Å². The highest BCUT2D eigenvalue weighted by atomic mass is 19.1. The summed E-state index contributed by atoms with van der Waals surface area (Å²) in [6.07, 6.45) is 0. The molecule has 0 aliphatic carbocycles. The van der Waals surface area contributed by atoms with Crippen LogP contribution in [0.15, 0.2) is 18.2 Å². The van der Waals surface area contributed by atoms with Crippen LogP contribution in [0.5, 0.6) is 0 Å². The minimum absolute atomic E-state index is 0.174. The molecular weight excluding hydrogens is 141 g/mol. The van der Waals surface area contributed by atoms with Crippen molar-refractivity contribution in [3.05, 3.63) is 29.6 Å². The van der Waals surface area contributed by atoms with E-state index in [1.807, 2.05) is 19.9 Å². The van der Waals surface area contributed by atoms with E-state index < -0.39 is 0 Å². The van der Waals surface area contributed by atoms with Gasteiger partial charge in [0.05, 0.1) is 5.69 Å². The van der Waals surface area contributed by atoms with Crippen LogP contribution in [0.4, 0.5) is 10.1 Å². The van der Waals surface area contributed by atoms with Crippen molar-refractivity contribution in [3.8, 4) is 0 Å². The average Bonchev–Trinajstić information content (AvgIpc) is 1.97. The summed E-state index contributed by atoms with van der Waals surface area (Å²) in [7, 11) is 0. The van der Waals surface area contributed by atoms with Crippen LogP contribution in [0, 0.1) is 12.7 Å². The molecular formula is C9H12FN. The number of halogens is 1. The number of rotatable bonds is 2. The van der Waals surface area contributed by atoms with E-state index in [2.05, 4.69) is 5.32 Å². The predicted octanol–water partition coefficient (Wildman–Crippen LogP) is 2.57. The summed E-state index contributed by atoms with van der Waals surface area (Å²) in [4.78, 5) is 0. The van der Waals surface area contributed by atoms with E-state index in [1.165, 1.54) is 6.07 Å². The third kappa shape index (κ3) is 1.70. The Morgan fingerprint density at radius 3 is 2.73 bits per heavy atom. The summed E-state index contributed by atoms with van der Waals surface area (Å²) >= 11 is 0. The SMILES string of the molecule is CCNc1c(C)cccc1F. The Bertz CT molecular complexity index is 225. The van der Waals surface area contributed by atoms with Gasteiger partial charge in [-0.05, 0) is 25.5 Å². The van der Waals surface area contributed by atoms with Crippen molar-refractivity contribution < 1.29 is 4.39 Å². The first kappa shape index (κ1) is 8.05. The smallest absolute Gasteiger partial charge is 0.146 e. The number of nitrogens with one attached hydrogen (secondary N) is 1. The van der Waals surface area contributed by atoms with Crippen molar-refractivity contribution in [2.24, 2.45) is 0 Å². The second-order valence-corrected chi connectivity index (χ2v) is 2.46. The third-order valence-corrected chi connectivity index (χ3v) is 1.58. The number of para-hydroxylation sites is 1. The van der Waals surface area contributed by atoms with Crippen molar-refractivity contribution in [2.45, 2.75) is 13.8 Å². The Labute approximate surface area is 66.2 Å². The molecule has 0 amide bonds. The first-order valence-corrected chi connectivity index (χ1v) is 3.74. The molecule has 0 atom stereocenters. The van der Waals surface area contributed by atoms with Crippen molar-refractivity contribution >= 4 is 5.69 Å². The molecule has 0 saturated carbocycles. The first-order valence-electron chi connectivity index (χ1n) is 3.74. The molecule has 0 saturated heterocycles. The minimum Gasteiger partial charge on any atom is -0.383 e. The van der Waals surface area contributed by atoms with Crippen LogP contribution in [0.1, 0.15) is 12.5 Å². The number of benzene rings is 1. The highest BCUT2D eigenvalue weighted by Crippen LogP contribution is 2.17. The zero-order valence-corrected chi connectivity index (χ0v) is 6.82. The molecule has 1 aromatic carbocycles. The molecule has 0 spiro atoms. The second kappa shape index (κ2) is 3.37. The minimum atomic E-state index is -0.174. The largest absolute Gasteiger partial charge is 0.383 e. The summed E-state index contributed by atoms with van der Waals surface area (Å²) in [6.45, 7) is 4.59. The Morgan fingerprint density at radius 1 is 1.45 bits per heavy atom. The average molecular weight is 153 g/mol. The molecule has 1 rings (SSSR count). The highest BCUT2D eigenvalue weighted by Gasteiger charge is 2.01. The fraction of sp³-hybridized carbons (Fsp3) is 0.333. The Hall–Kier alpha value is -1.05. The summed E-state index contributed by atoms with van der Waals surface area (Å²) in [5.74, 6) is -0.174. The molecule has 0 heterocycles. The van der Waals surface area contributed by atoms with E-state index >= 15 is 0 Å². The molecule has 1 N–H and O–H groups in total. The number of hydrogen-bond donors (Lipinski definition) is 1. The number of aryl methyl sites for hydroxylation is 1. The van der Waals surface area contributed by atoms with Gasteiger partial charge in [-0.15, -0.1) is 0 Å². The maximum atomic E-state index is 13.0. The molecule has 1 aromatic rings. The second-order valence-electron chi connectivity index (χ2n) is 2.46. The van der Waals surface area contributed by atoms with Crippen LogP contribution >= 0.6 is 0 Å². The Balaban J connectivity index is 3.00. The van der Waals surface area contributed by atoms with Gasteiger partial charge >= 0.3 is 0 Å². The molecule has 0 fully saturated rings. The van der Waals surface area contributed by atoms with Gasteiger partial charge in [0.1, 0.15) is 5.82 Å². The van der Waals surface area contributed by atoms with Crippen LogP contribution in [0.25, 0.3) is 0 Å². The Morgan fingerprint density at radius 2 is 2.18 bits per heavy atom. The van der Waals surface area contributed by atoms with Crippen molar-refractivity contribution in [1.82, 2.24) is 0 Å². The summed E-state index contributed by atoms with van der Waals surface area (Å²) < 4.78 is 13.0. The van der Waals surface area contributed by atoms with Crippen LogP contribution in [-0.4, -0.2) is 6.54 Å². The molecule has 0 bridgehead atoms. The van der Waals surface area contributed by atoms with Crippen LogP contribution in [0.3, 0.4) is 0 Å². The fourth-order valence-electron chi connectivity index (χ4n) is 1.03. The van der Waals surface area contributed by atoms with Crippen LogP contribution in [-0.2, 0) is 0 Å². The maximum absolute atomic E-state index is 13.0. The molecule has 0 aromatic heterocycles. The summed E-state index contributed by atoms with van der Waals surface area (Å²) in [5.41, 5.74) is 1.57. The normalized spacial score (nSPS) is 9.73. The summed E-state index contributed by atoms with van der Waals surface area (Å²) in [6, 6.07) is 5.07. The monoisotopic (exact) mass is 153 g/mol. The lowest BCUT2D eigenvalue weighted by Gasteiger charge is -2.07. The highest BCUT2D eigenvalue weighted by molar-refractivity contribution is 5.51. The van der Waals surface area contributed by atoms with Gasteiger partial charge in [-0.25, -0.2) is 4.39 Å². The molecule has 2 heteroatoms. The fourth-order valence-corrected chi connectivity index (χ4v) is 1.03. The lowest BCUT2D eigenvalue weighted by molar-refractivity contribution is 0.629. The molecule has 0 radical (unpaired) electrons. The van der Waals surface area contributed by atoms with E-state index in [1.54, 1.807) is 6.07 Å². The van der Waals surface area contributed by atoms with Gasteiger partial charge < -0.3 is 5.32 Å². The summed E-state index contributed by atoms with van der Waals surface area (Å²) in [5, 5.41) is 2.97. The van der Waals surface area contributed by atoms with E-state index in [-0.39, 0.29) is 5.82 Å². The molecule has 1 nitrogen and oxygen atoms in total. The lowest BCUT2D eigenvalue weighted by Crippen LogP contribution is -2.00. The van der Waals surface area contributed by atoms with E-state index in [9.17, 15) is 4.39 Å². The number of anilines is 1. The van der Waals surface area contributed by atoms with Crippen molar-refractivity contribution in [1.29, 1.82) is 0 Å². The van der Waals surface area contributed by atoms with Gasteiger partial charge in [0.2, 0.25) is 0 Å². The zero-order valence-electron chi connectivity index (χ0n) is 6.82. The van der Waals surface area contributed by atoms with Crippen molar-refractivity contribution in [2.75, 3.05) is 11.9 Å². The standard InChI is InChI=1S/C9H12FN/c1-3-11-9-7(2)5-4-6-8(9)10/h4-6,11H,3H2,1-2H3. The Kier molecular flexibility index (Phi) is 2.47. The third-order valence-electron chi connectivity index (χ3n) is 1.58. The molecule has 11 heavy (non-hydrogen) atoms.